The van der Waals surface area contributed by atoms with Crippen molar-refractivity contribution in [3.63, 3.8) is 0 Å². The van der Waals surface area contributed by atoms with E-state index < -0.39 is 0 Å². The highest BCUT2D eigenvalue weighted by molar-refractivity contribution is 5.72. The van der Waals surface area contributed by atoms with Gasteiger partial charge in [0.05, 0.1) is 0 Å². The lowest BCUT2D eigenvalue weighted by Gasteiger charge is -2.40. The van der Waals surface area contributed by atoms with E-state index in [1.807, 2.05) is 0 Å². The number of unbranched alkanes of at least 4 members (excludes halogenated alkanes) is 2. The molecule has 0 aliphatic heterocycles. The molecule has 3 nitrogen and oxygen atoms in total. The number of aromatic hydroxyl groups is 2. The Hall–Kier alpha value is -2.68. The molecule has 0 saturated heterocycles. The van der Waals surface area contributed by atoms with Crippen molar-refractivity contribution in [3.8, 4) is 11.8 Å². The van der Waals surface area contributed by atoms with Gasteiger partial charge in [-0.1, -0.05) is 68.3 Å². The molecule has 2 aromatic carbocycles. The van der Waals surface area contributed by atoms with Crippen molar-refractivity contribution >= 4 is 0 Å². The van der Waals surface area contributed by atoms with Crippen LogP contribution in [0, 0.1) is 0 Å². The zero-order valence-electron chi connectivity index (χ0n) is 14.9. The van der Waals surface area contributed by atoms with Gasteiger partial charge in [0, 0.05) is 29.5 Å². The van der Waals surface area contributed by atoms with Crippen LogP contribution in [0.15, 0.2) is 48.5 Å². The quantitative estimate of drug-likeness (QED) is 0.446. The van der Waals surface area contributed by atoms with Crippen LogP contribution in [0.3, 0.4) is 0 Å². The van der Waals surface area contributed by atoms with E-state index in [0.717, 1.165) is 30.4 Å². The van der Waals surface area contributed by atoms with Gasteiger partial charge < -0.3 is 10.2 Å². The molecule has 3 aromatic rings. The van der Waals surface area contributed by atoms with Crippen molar-refractivity contribution in [2.45, 2.75) is 44.6 Å². The maximum Gasteiger partial charge on any atom is 0.198 e. The topological polar surface area (TPSA) is 45.4 Å². The number of nitrogens with zero attached hydrogens (tertiary/aromatic N) is 1. The second kappa shape index (κ2) is 5.66. The number of aromatic nitrogens is 1. The highest BCUT2D eigenvalue weighted by Gasteiger charge is 2.46. The van der Waals surface area contributed by atoms with E-state index in [2.05, 4.69) is 55.5 Å². The molecule has 1 aromatic heterocycles. The van der Waals surface area contributed by atoms with E-state index in [-0.39, 0.29) is 23.6 Å². The summed E-state index contributed by atoms with van der Waals surface area (Å²) in [6.07, 6.45) is 3.17. The molecule has 0 saturated carbocycles. The summed E-state index contributed by atoms with van der Waals surface area (Å²) in [4.78, 5) is 0. The summed E-state index contributed by atoms with van der Waals surface area (Å²) in [7, 11) is 0. The highest BCUT2D eigenvalue weighted by Crippen LogP contribution is 2.60. The first-order valence-electron chi connectivity index (χ1n) is 9.55. The maximum atomic E-state index is 11.0. The minimum atomic E-state index is 0.000671. The summed E-state index contributed by atoms with van der Waals surface area (Å²) < 4.78 is 1.72. The Morgan fingerprint density at radius 2 is 1.15 bits per heavy atom. The van der Waals surface area contributed by atoms with E-state index in [1.54, 1.807) is 4.57 Å². The van der Waals surface area contributed by atoms with Gasteiger partial charge in [-0.25, -0.2) is 0 Å². The van der Waals surface area contributed by atoms with Crippen molar-refractivity contribution in [2.24, 2.45) is 0 Å². The maximum absolute atomic E-state index is 11.0. The summed E-state index contributed by atoms with van der Waals surface area (Å²) in [6.45, 7) is 2.82. The lowest BCUT2D eigenvalue weighted by molar-refractivity contribution is 0.359. The van der Waals surface area contributed by atoms with Gasteiger partial charge in [0.15, 0.2) is 11.8 Å². The smallest absolute Gasteiger partial charge is 0.198 e. The Bertz CT molecular complexity index is 880. The molecule has 3 aliphatic rings. The zero-order chi connectivity index (χ0) is 17.8. The van der Waals surface area contributed by atoms with Crippen LogP contribution in [0.5, 0.6) is 11.8 Å². The van der Waals surface area contributed by atoms with Crippen molar-refractivity contribution in [3.05, 3.63) is 81.9 Å². The molecule has 0 spiro atoms. The molecule has 3 heteroatoms. The van der Waals surface area contributed by atoms with Crippen LogP contribution in [0.2, 0.25) is 0 Å². The van der Waals surface area contributed by atoms with E-state index in [4.69, 9.17) is 0 Å². The van der Waals surface area contributed by atoms with Gasteiger partial charge in [-0.15, -0.1) is 0 Å². The molecule has 26 heavy (non-hydrogen) atoms. The van der Waals surface area contributed by atoms with Crippen LogP contribution >= 0.6 is 0 Å². The Kier molecular flexibility index (Phi) is 3.39. The predicted molar refractivity (Wildman–Crippen MR) is 102 cm³/mol. The van der Waals surface area contributed by atoms with Crippen molar-refractivity contribution < 1.29 is 10.2 Å². The van der Waals surface area contributed by atoms with Crippen molar-refractivity contribution in [2.75, 3.05) is 0 Å². The van der Waals surface area contributed by atoms with Crippen molar-refractivity contribution in [1.82, 2.24) is 4.57 Å². The average Bonchev–Trinajstić information content (AvgIpc) is 2.93. The molecule has 0 atom stereocenters. The molecule has 0 fully saturated rings. The lowest BCUT2D eigenvalue weighted by Crippen LogP contribution is -2.26. The van der Waals surface area contributed by atoms with Gasteiger partial charge >= 0.3 is 0 Å². The van der Waals surface area contributed by atoms with Gasteiger partial charge in [0.2, 0.25) is 0 Å². The van der Waals surface area contributed by atoms with Crippen molar-refractivity contribution in [1.29, 1.82) is 0 Å². The summed E-state index contributed by atoms with van der Waals surface area (Å²) in [5.74, 6) is 0.488. The fraction of sp³-hybridized carbons (Fsp3) is 0.304. The second-order valence-corrected chi connectivity index (χ2v) is 7.46. The van der Waals surface area contributed by atoms with Crippen LogP contribution in [0.25, 0.3) is 0 Å². The Labute approximate surface area is 153 Å². The molecule has 1 heterocycles. The minimum absolute atomic E-state index is 0.000671. The standard InChI is InChI=1S/C23H23NO2/c1-2-3-8-13-24-22(25)20-18-14-9-4-5-10-15(14)19(21(20)23(24)26)17-12-7-6-11-16(17)18/h4-7,9-12,18-19,25-26H,2-3,8,13H2,1H3. The van der Waals surface area contributed by atoms with Crippen LogP contribution in [-0.2, 0) is 6.54 Å². The average molecular weight is 345 g/mol. The molecule has 2 bridgehead atoms. The van der Waals surface area contributed by atoms with Gasteiger partial charge in [-0.05, 0) is 28.7 Å². The molecule has 132 valence electrons. The number of hydrogen-bond donors (Lipinski definition) is 2. The molecule has 6 rings (SSSR count). The molecular weight excluding hydrogens is 322 g/mol. The first-order valence-corrected chi connectivity index (χ1v) is 9.55. The molecule has 0 amide bonds. The van der Waals surface area contributed by atoms with E-state index in [1.165, 1.54) is 22.3 Å². The number of hydrogen-bond acceptors (Lipinski definition) is 2. The first kappa shape index (κ1) is 15.6. The van der Waals surface area contributed by atoms with Gasteiger partial charge in [0.1, 0.15) is 0 Å². The molecular formula is C23H23NO2. The third kappa shape index (κ3) is 1.89. The summed E-state index contributed by atoms with van der Waals surface area (Å²) >= 11 is 0. The fourth-order valence-corrected chi connectivity index (χ4v) is 4.96. The van der Waals surface area contributed by atoms with Crippen LogP contribution < -0.4 is 0 Å². The summed E-state index contributed by atoms with van der Waals surface area (Å²) in [5.41, 5.74) is 6.83. The third-order valence-electron chi connectivity index (χ3n) is 6.08. The molecule has 0 radical (unpaired) electrons. The summed E-state index contributed by atoms with van der Waals surface area (Å²) in [6, 6.07) is 16.9. The van der Waals surface area contributed by atoms with Crippen LogP contribution in [0.4, 0.5) is 0 Å². The van der Waals surface area contributed by atoms with E-state index in [9.17, 15) is 10.2 Å². The number of rotatable bonds is 4. The molecule has 3 aliphatic carbocycles. The fourth-order valence-electron chi connectivity index (χ4n) is 4.96. The van der Waals surface area contributed by atoms with Crippen LogP contribution in [-0.4, -0.2) is 14.8 Å². The first-order chi connectivity index (χ1) is 12.7. The summed E-state index contributed by atoms with van der Waals surface area (Å²) in [5, 5.41) is 22.1. The lowest BCUT2D eigenvalue weighted by atomic mass is 9.62. The Morgan fingerprint density at radius 1 is 0.731 bits per heavy atom. The van der Waals surface area contributed by atoms with E-state index in [0.29, 0.717) is 6.54 Å². The normalized spacial score (nSPS) is 19.1. The largest absolute Gasteiger partial charge is 0.494 e. The van der Waals surface area contributed by atoms with E-state index >= 15 is 0 Å². The highest BCUT2D eigenvalue weighted by atomic mass is 16.3. The second-order valence-electron chi connectivity index (χ2n) is 7.46. The molecule has 0 unspecified atom stereocenters. The van der Waals surface area contributed by atoms with Gasteiger partial charge in [-0.3, -0.25) is 4.57 Å². The predicted octanol–water partition coefficient (Wildman–Crippen LogP) is 5.08. The zero-order valence-corrected chi connectivity index (χ0v) is 14.9. The monoisotopic (exact) mass is 345 g/mol. The Morgan fingerprint density at radius 3 is 1.54 bits per heavy atom. The van der Waals surface area contributed by atoms with Gasteiger partial charge in [0.25, 0.3) is 0 Å². The molecule has 2 N–H and O–H groups in total. The van der Waals surface area contributed by atoms with Crippen LogP contribution in [0.1, 0.15) is 71.4 Å². The van der Waals surface area contributed by atoms with Gasteiger partial charge in [-0.2, -0.15) is 0 Å². The minimum Gasteiger partial charge on any atom is -0.494 e. The number of benzene rings is 2. The SMILES string of the molecule is CCCCCn1c(O)c2c(c1O)C1c3ccccc3C2c2ccccc21. The third-order valence-corrected chi connectivity index (χ3v) is 6.08. The Balaban J connectivity index is 1.75.